The van der Waals surface area contributed by atoms with Gasteiger partial charge in [-0.1, -0.05) is 89.4 Å². The number of amides is 1. The molecule has 5 nitrogen and oxygen atoms in total. The Morgan fingerprint density at radius 3 is 2.20 bits per heavy atom. The van der Waals surface area contributed by atoms with E-state index in [0.717, 1.165) is 11.1 Å². The Labute approximate surface area is 215 Å². The quantitative estimate of drug-likeness (QED) is 0.284. The lowest BCUT2D eigenvalue weighted by Gasteiger charge is -2.27. The number of hydrogen-bond acceptors (Lipinski definition) is 3. The molecule has 0 heterocycles. The monoisotopic (exact) mass is 524 g/mol. The van der Waals surface area contributed by atoms with Crippen molar-refractivity contribution in [3.63, 3.8) is 0 Å². The van der Waals surface area contributed by atoms with Gasteiger partial charge in [0.2, 0.25) is 0 Å². The molecule has 8 heteroatoms. The Hall–Kier alpha value is -3.32. The summed E-state index contributed by atoms with van der Waals surface area (Å²) < 4.78 is 28.9. The van der Waals surface area contributed by atoms with Crippen molar-refractivity contribution in [3.8, 4) is 0 Å². The molecule has 0 aliphatic carbocycles. The van der Waals surface area contributed by atoms with Crippen LogP contribution < -0.4 is 9.62 Å². The second kappa shape index (κ2) is 10.5. The molecule has 0 saturated carbocycles. The lowest BCUT2D eigenvalue weighted by molar-refractivity contribution is 0.102. The molecule has 0 aliphatic heterocycles. The van der Waals surface area contributed by atoms with Gasteiger partial charge in [-0.3, -0.25) is 9.10 Å². The molecule has 0 aliphatic rings. The Morgan fingerprint density at radius 2 is 1.49 bits per heavy atom. The van der Waals surface area contributed by atoms with Crippen molar-refractivity contribution in [2.24, 2.45) is 0 Å². The van der Waals surface area contributed by atoms with Crippen LogP contribution in [0.1, 0.15) is 21.5 Å². The highest BCUT2D eigenvalue weighted by molar-refractivity contribution is 7.92. The summed E-state index contributed by atoms with van der Waals surface area (Å²) in [4.78, 5) is 13.5. The predicted molar refractivity (Wildman–Crippen MR) is 142 cm³/mol. The van der Waals surface area contributed by atoms with E-state index in [4.69, 9.17) is 23.2 Å². The fourth-order valence-corrected chi connectivity index (χ4v) is 5.38. The number of nitrogens with one attached hydrogen (secondary N) is 1. The van der Waals surface area contributed by atoms with Crippen molar-refractivity contribution in [2.75, 3.05) is 9.62 Å². The van der Waals surface area contributed by atoms with Crippen molar-refractivity contribution in [3.05, 3.63) is 124 Å². The van der Waals surface area contributed by atoms with Crippen LogP contribution in [0.4, 0.5) is 11.4 Å². The molecule has 0 fully saturated rings. The van der Waals surface area contributed by atoms with Gasteiger partial charge in [0.1, 0.15) is 0 Å². The van der Waals surface area contributed by atoms with Crippen LogP contribution in [-0.4, -0.2) is 14.3 Å². The smallest absolute Gasteiger partial charge is 0.264 e. The number of carbonyl (C=O) groups excluding carboxylic acids is 1. The van der Waals surface area contributed by atoms with Gasteiger partial charge < -0.3 is 5.32 Å². The molecule has 0 saturated heterocycles. The molecular weight excluding hydrogens is 503 g/mol. The summed E-state index contributed by atoms with van der Waals surface area (Å²) in [6.07, 6.45) is 0. The van der Waals surface area contributed by atoms with E-state index in [-0.39, 0.29) is 27.7 Å². The molecule has 0 aromatic heterocycles. The number of nitrogens with zero attached hydrogens (tertiary/aromatic N) is 1. The first-order valence-corrected chi connectivity index (χ1v) is 12.9. The number of benzene rings is 4. The zero-order valence-corrected chi connectivity index (χ0v) is 21.1. The maximum atomic E-state index is 13.8. The maximum Gasteiger partial charge on any atom is 0.264 e. The Bertz CT molecular complexity index is 1460. The van der Waals surface area contributed by atoms with Gasteiger partial charge in [0.25, 0.3) is 15.9 Å². The summed E-state index contributed by atoms with van der Waals surface area (Å²) in [6.45, 7) is 1.93. The van der Waals surface area contributed by atoms with Crippen molar-refractivity contribution < 1.29 is 13.2 Å². The third-order valence-corrected chi connectivity index (χ3v) is 7.99. The SMILES string of the molecule is Cc1ccc(S(=O)(=O)N(Cc2ccccc2)c2ccccc2C(=O)Nc2cccc(Cl)c2Cl)cc1. The molecule has 0 radical (unpaired) electrons. The van der Waals surface area contributed by atoms with Gasteiger partial charge in [0.15, 0.2) is 0 Å². The number of sulfonamides is 1. The zero-order chi connectivity index (χ0) is 25.0. The van der Waals surface area contributed by atoms with Crippen molar-refractivity contribution >= 4 is 50.5 Å². The minimum atomic E-state index is -4.01. The van der Waals surface area contributed by atoms with E-state index in [2.05, 4.69) is 5.32 Å². The summed E-state index contributed by atoms with van der Waals surface area (Å²) in [7, 11) is -4.01. The molecule has 35 heavy (non-hydrogen) atoms. The van der Waals surface area contributed by atoms with Gasteiger partial charge in [-0.05, 0) is 48.9 Å². The first kappa shape index (κ1) is 24.8. The average Bonchev–Trinajstić information content (AvgIpc) is 2.86. The van der Waals surface area contributed by atoms with Gasteiger partial charge in [0, 0.05) is 0 Å². The highest BCUT2D eigenvalue weighted by atomic mass is 35.5. The van der Waals surface area contributed by atoms with Gasteiger partial charge in [-0.15, -0.1) is 0 Å². The van der Waals surface area contributed by atoms with Crippen LogP contribution in [0, 0.1) is 6.92 Å². The molecule has 0 spiro atoms. The normalized spacial score (nSPS) is 11.2. The van der Waals surface area contributed by atoms with Gasteiger partial charge in [-0.2, -0.15) is 0 Å². The van der Waals surface area contributed by atoms with Crippen LogP contribution in [0.3, 0.4) is 0 Å². The molecule has 0 atom stereocenters. The lowest BCUT2D eigenvalue weighted by Crippen LogP contribution is -2.32. The summed E-state index contributed by atoms with van der Waals surface area (Å²) in [6, 6.07) is 27.3. The van der Waals surface area contributed by atoms with Gasteiger partial charge in [0.05, 0.1) is 38.4 Å². The molecule has 178 valence electrons. The van der Waals surface area contributed by atoms with E-state index in [1.165, 1.54) is 4.31 Å². The minimum Gasteiger partial charge on any atom is -0.321 e. The van der Waals surface area contributed by atoms with Crippen molar-refractivity contribution in [2.45, 2.75) is 18.4 Å². The molecular formula is C27H22Cl2N2O3S. The molecule has 0 unspecified atom stereocenters. The van der Waals surface area contributed by atoms with Crippen LogP contribution in [-0.2, 0) is 16.6 Å². The van der Waals surface area contributed by atoms with Crippen LogP contribution >= 0.6 is 23.2 Å². The van der Waals surface area contributed by atoms with Crippen LogP contribution in [0.25, 0.3) is 0 Å². The number of para-hydroxylation sites is 1. The van der Waals surface area contributed by atoms with Crippen molar-refractivity contribution in [1.29, 1.82) is 0 Å². The third-order valence-electron chi connectivity index (χ3n) is 5.40. The van der Waals surface area contributed by atoms with E-state index in [0.29, 0.717) is 10.7 Å². The first-order chi connectivity index (χ1) is 16.8. The molecule has 1 N–H and O–H groups in total. The van der Waals surface area contributed by atoms with Crippen LogP contribution in [0.15, 0.2) is 102 Å². The Kier molecular flexibility index (Phi) is 7.45. The second-order valence-corrected chi connectivity index (χ2v) is 10.5. The molecule has 1 amide bonds. The largest absolute Gasteiger partial charge is 0.321 e. The zero-order valence-electron chi connectivity index (χ0n) is 18.8. The van der Waals surface area contributed by atoms with Crippen molar-refractivity contribution in [1.82, 2.24) is 0 Å². The first-order valence-electron chi connectivity index (χ1n) is 10.7. The Morgan fingerprint density at radius 1 is 0.829 bits per heavy atom. The van der Waals surface area contributed by atoms with E-state index in [9.17, 15) is 13.2 Å². The van der Waals surface area contributed by atoms with E-state index in [1.54, 1.807) is 66.7 Å². The predicted octanol–water partition coefficient (Wildman–Crippen LogP) is 6.95. The fourth-order valence-electron chi connectivity index (χ4n) is 3.56. The number of aryl methyl sites for hydroxylation is 1. The van der Waals surface area contributed by atoms with E-state index >= 15 is 0 Å². The topological polar surface area (TPSA) is 66.5 Å². The summed E-state index contributed by atoms with van der Waals surface area (Å²) in [5.74, 6) is -0.512. The Balaban J connectivity index is 1.80. The molecule has 4 aromatic carbocycles. The van der Waals surface area contributed by atoms with Crippen LogP contribution in [0.2, 0.25) is 10.0 Å². The number of anilines is 2. The standard InChI is InChI=1S/C27H22Cl2N2O3S/c1-19-14-16-21(17-15-19)35(33,34)31(18-20-8-3-2-4-9-20)25-13-6-5-10-22(25)27(32)30-24-12-7-11-23(28)26(24)29/h2-17H,18H2,1H3,(H,30,32). The van der Waals surface area contributed by atoms with Gasteiger partial charge >= 0.3 is 0 Å². The molecule has 0 bridgehead atoms. The molecule has 4 rings (SSSR count). The number of carbonyl (C=O) groups is 1. The summed E-state index contributed by atoms with van der Waals surface area (Å²) in [5.41, 5.74) is 2.46. The number of hydrogen-bond donors (Lipinski definition) is 1. The average molecular weight is 525 g/mol. The lowest BCUT2D eigenvalue weighted by atomic mass is 10.1. The van der Waals surface area contributed by atoms with E-state index < -0.39 is 15.9 Å². The fraction of sp³-hybridized carbons (Fsp3) is 0.0741. The summed E-state index contributed by atoms with van der Waals surface area (Å²) >= 11 is 12.3. The maximum absolute atomic E-state index is 13.8. The van der Waals surface area contributed by atoms with E-state index in [1.807, 2.05) is 37.3 Å². The van der Waals surface area contributed by atoms with Gasteiger partial charge in [-0.25, -0.2) is 8.42 Å². The highest BCUT2D eigenvalue weighted by Crippen LogP contribution is 2.32. The van der Waals surface area contributed by atoms with Crippen LogP contribution in [0.5, 0.6) is 0 Å². The second-order valence-electron chi connectivity index (χ2n) is 7.88. The molecule has 4 aromatic rings. The number of rotatable bonds is 7. The number of halogens is 2. The highest BCUT2D eigenvalue weighted by Gasteiger charge is 2.29. The summed E-state index contributed by atoms with van der Waals surface area (Å²) in [5, 5.41) is 3.25. The minimum absolute atomic E-state index is 0.0409. The third kappa shape index (κ3) is 5.51.